The molecule has 0 radical (unpaired) electrons. The first-order chi connectivity index (χ1) is 14.5. The summed E-state index contributed by atoms with van der Waals surface area (Å²) >= 11 is 0. The van der Waals surface area contributed by atoms with Gasteiger partial charge in [0.05, 0.1) is 16.8 Å². The Morgan fingerprint density at radius 3 is 2.50 bits per heavy atom. The Hall–Kier alpha value is -3.58. The SMILES string of the molecule is NC(=O)c1ncnc2c1cc(-c1ccccn1)n2Cc1ccc(C2(N)CCC2)cc1. The molecule has 0 saturated heterocycles. The number of carbonyl (C=O) groups excluding carboxylic acids is 1. The first-order valence-electron chi connectivity index (χ1n) is 9.99. The maximum atomic E-state index is 11.9. The molecule has 3 heterocycles. The molecule has 1 fully saturated rings. The molecule has 1 aromatic carbocycles. The molecule has 7 heteroatoms. The van der Waals surface area contributed by atoms with E-state index in [0.717, 1.165) is 29.8 Å². The number of rotatable bonds is 5. The second-order valence-electron chi connectivity index (χ2n) is 7.86. The molecule has 5 rings (SSSR count). The average molecular weight is 398 g/mol. The van der Waals surface area contributed by atoms with Crippen LogP contribution < -0.4 is 11.5 Å². The van der Waals surface area contributed by atoms with Crippen LogP contribution in [0.5, 0.6) is 0 Å². The van der Waals surface area contributed by atoms with Gasteiger partial charge in [0.25, 0.3) is 5.91 Å². The predicted octanol–water partition coefficient (Wildman–Crippen LogP) is 2.98. The summed E-state index contributed by atoms with van der Waals surface area (Å²) in [7, 11) is 0. The number of aromatic nitrogens is 4. The Balaban J connectivity index is 1.60. The van der Waals surface area contributed by atoms with Crippen LogP contribution in [0.2, 0.25) is 0 Å². The van der Waals surface area contributed by atoms with Crippen LogP contribution in [0, 0.1) is 0 Å². The topological polar surface area (TPSA) is 113 Å². The number of nitrogens with two attached hydrogens (primary N) is 2. The molecule has 150 valence electrons. The van der Waals surface area contributed by atoms with Crippen LogP contribution >= 0.6 is 0 Å². The van der Waals surface area contributed by atoms with Gasteiger partial charge < -0.3 is 16.0 Å². The van der Waals surface area contributed by atoms with E-state index in [1.807, 2.05) is 28.8 Å². The van der Waals surface area contributed by atoms with Gasteiger partial charge in [-0.2, -0.15) is 0 Å². The summed E-state index contributed by atoms with van der Waals surface area (Å²) in [5, 5.41) is 0.623. The van der Waals surface area contributed by atoms with Gasteiger partial charge in [0.15, 0.2) is 0 Å². The Morgan fingerprint density at radius 1 is 1.07 bits per heavy atom. The second-order valence-corrected chi connectivity index (χ2v) is 7.86. The molecule has 4 aromatic rings. The van der Waals surface area contributed by atoms with Gasteiger partial charge in [-0.15, -0.1) is 0 Å². The minimum atomic E-state index is -0.579. The Morgan fingerprint density at radius 2 is 1.87 bits per heavy atom. The molecule has 0 unspecified atom stereocenters. The molecule has 1 aliphatic carbocycles. The van der Waals surface area contributed by atoms with E-state index in [2.05, 4.69) is 39.2 Å². The number of hydrogen-bond acceptors (Lipinski definition) is 5. The second kappa shape index (κ2) is 7.03. The molecule has 0 spiro atoms. The molecule has 0 bridgehead atoms. The predicted molar refractivity (Wildman–Crippen MR) is 115 cm³/mol. The van der Waals surface area contributed by atoms with E-state index < -0.39 is 5.91 Å². The lowest BCUT2D eigenvalue weighted by molar-refractivity contribution is 0.0997. The van der Waals surface area contributed by atoms with Crippen LogP contribution in [0.4, 0.5) is 0 Å². The highest BCUT2D eigenvalue weighted by Crippen LogP contribution is 2.38. The lowest BCUT2D eigenvalue weighted by atomic mass is 9.73. The van der Waals surface area contributed by atoms with Gasteiger partial charge in [0, 0.05) is 18.3 Å². The van der Waals surface area contributed by atoms with Crippen molar-refractivity contribution >= 4 is 16.9 Å². The number of benzene rings is 1. The van der Waals surface area contributed by atoms with Crippen LogP contribution in [0.1, 0.15) is 40.9 Å². The molecule has 30 heavy (non-hydrogen) atoms. The molecule has 0 aliphatic heterocycles. The van der Waals surface area contributed by atoms with Crippen molar-refractivity contribution in [2.75, 3.05) is 0 Å². The molecular weight excluding hydrogens is 376 g/mol. The van der Waals surface area contributed by atoms with Crippen molar-refractivity contribution in [3.05, 3.63) is 77.9 Å². The summed E-state index contributed by atoms with van der Waals surface area (Å²) in [6.45, 7) is 0.572. The molecular formula is C23H22N6O. The molecule has 1 amide bonds. The van der Waals surface area contributed by atoms with E-state index in [9.17, 15) is 4.79 Å². The highest BCUT2D eigenvalue weighted by atomic mass is 16.1. The largest absolute Gasteiger partial charge is 0.364 e. The van der Waals surface area contributed by atoms with Crippen LogP contribution in [0.3, 0.4) is 0 Å². The van der Waals surface area contributed by atoms with Crippen LogP contribution in [-0.2, 0) is 12.1 Å². The number of carbonyl (C=O) groups is 1. The van der Waals surface area contributed by atoms with E-state index in [1.54, 1.807) is 6.20 Å². The number of primary amides is 1. The molecule has 1 aliphatic rings. The molecule has 0 atom stereocenters. The quantitative estimate of drug-likeness (QED) is 0.537. The third-order valence-corrected chi connectivity index (χ3v) is 5.97. The molecule has 1 saturated carbocycles. The maximum absolute atomic E-state index is 11.9. The highest BCUT2D eigenvalue weighted by Gasteiger charge is 2.34. The lowest BCUT2D eigenvalue weighted by Gasteiger charge is -2.38. The van der Waals surface area contributed by atoms with E-state index in [1.165, 1.54) is 18.3 Å². The number of fused-ring (bicyclic) bond motifs is 1. The summed E-state index contributed by atoms with van der Waals surface area (Å²) in [5.41, 5.74) is 16.6. The van der Waals surface area contributed by atoms with E-state index >= 15 is 0 Å². The van der Waals surface area contributed by atoms with Crippen molar-refractivity contribution in [1.82, 2.24) is 19.5 Å². The monoisotopic (exact) mass is 398 g/mol. The lowest BCUT2D eigenvalue weighted by Crippen LogP contribution is -2.43. The fraction of sp³-hybridized carbons (Fsp3) is 0.217. The van der Waals surface area contributed by atoms with E-state index in [-0.39, 0.29) is 11.2 Å². The fourth-order valence-corrected chi connectivity index (χ4v) is 4.12. The maximum Gasteiger partial charge on any atom is 0.268 e. The third-order valence-electron chi connectivity index (χ3n) is 5.97. The zero-order valence-corrected chi connectivity index (χ0v) is 16.5. The van der Waals surface area contributed by atoms with E-state index in [4.69, 9.17) is 11.5 Å². The minimum Gasteiger partial charge on any atom is -0.364 e. The van der Waals surface area contributed by atoms with Crippen molar-refractivity contribution in [3.8, 4) is 11.4 Å². The number of pyridine rings is 1. The summed E-state index contributed by atoms with van der Waals surface area (Å²) in [5.74, 6) is -0.579. The van der Waals surface area contributed by atoms with Crippen LogP contribution in [0.15, 0.2) is 61.1 Å². The standard InChI is InChI=1S/C23H22N6O/c24-21(30)20-17-12-19(18-4-1-2-11-26-18)29(22(17)28-14-27-20)13-15-5-7-16(8-6-15)23(25)9-3-10-23/h1-2,4-8,11-12,14H,3,9-10,13,25H2,(H2,24,30). The third kappa shape index (κ3) is 3.04. The summed E-state index contributed by atoms with van der Waals surface area (Å²) < 4.78 is 2.04. The van der Waals surface area contributed by atoms with Gasteiger partial charge in [-0.3, -0.25) is 9.78 Å². The van der Waals surface area contributed by atoms with Crippen molar-refractivity contribution < 1.29 is 4.79 Å². The smallest absolute Gasteiger partial charge is 0.268 e. The number of nitrogens with zero attached hydrogens (tertiary/aromatic N) is 4. The molecule has 7 nitrogen and oxygen atoms in total. The first kappa shape index (κ1) is 18.4. The van der Waals surface area contributed by atoms with E-state index in [0.29, 0.717) is 17.6 Å². The highest BCUT2D eigenvalue weighted by molar-refractivity contribution is 6.04. The van der Waals surface area contributed by atoms with Gasteiger partial charge in [0.2, 0.25) is 0 Å². The van der Waals surface area contributed by atoms with Crippen LogP contribution in [0.25, 0.3) is 22.4 Å². The first-order valence-corrected chi connectivity index (χ1v) is 9.99. The van der Waals surface area contributed by atoms with Crippen molar-refractivity contribution in [1.29, 1.82) is 0 Å². The van der Waals surface area contributed by atoms with Gasteiger partial charge in [-0.05, 0) is 48.6 Å². The van der Waals surface area contributed by atoms with Crippen molar-refractivity contribution in [2.24, 2.45) is 11.5 Å². The van der Waals surface area contributed by atoms with Gasteiger partial charge in [0.1, 0.15) is 17.7 Å². The summed E-state index contributed by atoms with van der Waals surface area (Å²) in [6, 6.07) is 16.1. The van der Waals surface area contributed by atoms with Gasteiger partial charge in [-0.25, -0.2) is 9.97 Å². The minimum absolute atomic E-state index is 0.179. The Kier molecular flexibility index (Phi) is 4.33. The zero-order chi connectivity index (χ0) is 20.7. The normalized spacial score (nSPS) is 15.1. The average Bonchev–Trinajstić information content (AvgIpc) is 3.11. The Bertz CT molecular complexity index is 1230. The molecule has 3 aromatic heterocycles. The number of amides is 1. The zero-order valence-electron chi connectivity index (χ0n) is 16.5. The summed E-state index contributed by atoms with van der Waals surface area (Å²) in [6.07, 6.45) is 6.37. The van der Waals surface area contributed by atoms with Gasteiger partial charge in [-0.1, -0.05) is 30.3 Å². The summed E-state index contributed by atoms with van der Waals surface area (Å²) in [4.78, 5) is 24.9. The van der Waals surface area contributed by atoms with Crippen LogP contribution in [-0.4, -0.2) is 25.4 Å². The molecule has 4 N–H and O–H groups in total. The van der Waals surface area contributed by atoms with Crippen molar-refractivity contribution in [3.63, 3.8) is 0 Å². The van der Waals surface area contributed by atoms with Gasteiger partial charge >= 0.3 is 0 Å². The number of hydrogen-bond donors (Lipinski definition) is 2. The fourth-order valence-electron chi connectivity index (χ4n) is 4.12. The van der Waals surface area contributed by atoms with Crippen molar-refractivity contribution in [2.45, 2.75) is 31.3 Å². The Labute approximate surface area is 173 Å².